The Kier molecular flexibility index (Phi) is 2.63. The Morgan fingerprint density at radius 3 is 2.36 bits per heavy atom. The lowest BCUT2D eigenvalue weighted by Crippen LogP contribution is -2.17. The highest BCUT2D eigenvalue weighted by atomic mass is 16.3. The SMILES string of the molecule is CC1(C)CC(O)=CC(=C(C#N)C#N)C1. The summed E-state index contributed by atoms with van der Waals surface area (Å²) in [7, 11) is 0. The smallest absolute Gasteiger partial charge is 0.133 e. The van der Waals surface area contributed by atoms with Gasteiger partial charge in [-0.15, -0.1) is 0 Å². The van der Waals surface area contributed by atoms with Crippen molar-refractivity contribution in [2.45, 2.75) is 26.7 Å². The van der Waals surface area contributed by atoms with Gasteiger partial charge in [-0.1, -0.05) is 13.8 Å². The summed E-state index contributed by atoms with van der Waals surface area (Å²) in [6, 6.07) is 3.69. The molecule has 0 radical (unpaired) electrons. The summed E-state index contributed by atoms with van der Waals surface area (Å²) in [5, 5.41) is 26.9. The van der Waals surface area contributed by atoms with Crippen molar-refractivity contribution in [3.8, 4) is 12.1 Å². The van der Waals surface area contributed by atoms with E-state index in [2.05, 4.69) is 0 Å². The zero-order chi connectivity index (χ0) is 10.8. The molecule has 0 heterocycles. The van der Waals surface area contributed by atoms with Crippen LogP contribution in [0.1, 0.15) is 26.7 Å². The third-order valence-corrected chi connectivity index (χ3v) is 2.21. The first kappa shape index (κ1) is 10.3. The highest BCUT2D eigenvalue weighted by Gasteiger charge is 2.26. The summed E-state index contributed by atoms with van der Waals surface area (Å²) >= 11 is 0. The fourth-order valence-corrected chi connectivity index (χ4v) is 1.70. The van der Waals surface area contributed by atoms with Crippen molar-refractivity contribution in [3.05, 3.63) is 23.0 Å². The molecule has 3 nitrogen and oxygen atoms in total. The third-order valence-electron chi connectivity index (χ3n) is 2.21. The Bertz CT molecular complexity index is 372. The molecular weight excluding hydrogens is 176 g/mol. The minimum atomic E-state index is -0.0763. The predicted octanol–water partition coefficient (Wildman–Crippen LogP) is 2.59. The highest BCUT2D eigenvalue weighted by molar-refractivity contribution is 5.46. The van der Waals surface area contributed by atoms with E-state index in [0.29, 0.717) is 18.4 Å². The van der Waals surface area contributed by atoms with Gasteiger partial charge in [-0.3, -0.25) is 0 Å². The van der Waals surface area contributed by atoms with Crippen molar-refractivity contribution in [2.24, 2.45) is 5.41 Å². The molecule has 0 amide bonds. The maximum Gasteiger partial charge on any atom is 0.133 e. The highest BCUT2D eigenvalue weighted by Crippen LogP contribution is 2.37. The van der Waals surface area contributed by atoms with Crippen LogP contribution in [0.25, 0.3) is 0 Å². The number of nitrogens with zero attached hydrogens (tertiary/aromatic N) is 2. The van der Waals surface area contributed by atoms with E-state index in [1.807, 2.05) is 26.0 Å². The number of rotatable bonds is 0. The van der Waals surface area contributed by atoms with Gasteiger partial charge in [0.2, 0.25) is 0 Å². The molecule has 0 bridgehead atoms. The molecule has 1 N–H and O–H groups in total. The lowest BCUT2D eigenvalue weighted by molar-refractivity contribution is 0.269. The van der Waals surface area contributed by atoms with Gasteiger partial charge in [-0.25, -0.2) is 0 Å². The topological polar surface area (TPSA) is 67.8 Å². The van der Waals surface area contributed by atoms with Crippen molar-refractivity contribution in [1.29, 1.82) is 10.5 Å². The summed E-state index contributed by atoms with van der Waals surface area (Å²) in [5.41, 5.74) is 0.667. The maximum absolute atomic E-state index is 9.46. The predicted molar refractivity (Wildman–Crippen MR) is 52.0 cm³/mol. The summed E-state index contributed by atoms with van der Waals surface area (Å²) in [5.74, 6) is 0.249. The molecule has 0 fully saturated rings. The van der Waals surface area contributed by atoms with Gasteiger partial charge in [0.1, 0.15) is 17.7 Å². The van der Waals surface area contributed by atoms with Crippen LogP contribution in [0.5, 0.6) is 0 Å². The van der Waals surface area contributed by atoms with Crippen molar-refractivity contribution in [1.82, 2.24) is 0 Å². The van der Waals surface area contributed by atoms with Crippen LogP contribution < -0.4 is 0 Å². The van der Waals surface area contributed by atoms with E-state index >= 15 is 0 Å². The minimum Gasteiger partial charge on any atom is -0.512 e. The van der Waals surface area contributed by atoms with Crippen LogP contribution in [0, 0.1) is 28.1 Å². The Balaban J connectivity index is 3.17. The number of hydrogen-bond donors (Lipinski definition) is 1. The van der Waals surface area contributed by atoms with Crippen LogP contribution in [0.15, 0.2) is 23.0 Å². The van der Waals surface area contributed by atoms with Gasteiger partial charge in [-0.05, 0) is 23.5 Å². The molecular formula is C11H12N2O. The largest absolute Gasteiger partial charge is 0.512 e. The Hall–Kier alpha value is -1.74. The molecule has 3 heteroatoms. The minimum absolute atomic E-state index is 0.0763. The van der Waals surface area contributed by atoms with E-state index in [-0.39, 0.29) is 16.7 Å². The van der Waals surface area contributed by atoms with Crippen LogP contribution in [0.2, 0.25) is 0 Å². The van der Waals surface area contributed by atoms with Crippen LogP contribution in [-0.4, -0.2) is 5.11 Å². The fourth-order valence-electron chi connectivity index (χ4n) is 1.70. The summed E-state index contributed by atoms with van der Waals surface area (Å²) in [6.45, 7) is 4.01. The summed E-state index contributed by atoms with van der Waals surface area (Å²) in [6.07, 6.45) is 2.79. The van der Waals surface area contributed by atoms with Gasteiger partial charge >= 0.3 is 0 Å². The average Bonchev–Trinajstić information content (AvgIpc) is 2.02. The molecule has 1 rings (SSSR count). The van der Waals surface area contributed by atoms with Gasteiger partial charge in [0, 0.05) is 6.42 Å². The van der Waals surface area contributed by atoms with E-state index in [9.17, 15) is 5.11 Å². The quantitative estimate of drug-likeness (QED) is 0.594. The molecule has 1 aliphatic rings. The Labute approximate surface area is 83.6 Å². The second-order valence-corrected chi connectivity index (χ2v) is 4.28. The molecule has 0 unspecified atom stereocenters. The van der Waals surface area contributed by atoms with Crippen molar-refractivity contribution in [3.63, 3.8) is 0 Å². The van der Waals surface area contributed by atoms with Gasteiger partial charge in [0.25, 0.3) is 0 Å². The van der Waals surface area contributed by atoms with Crippen LogP contribution in [-0.2, 0) is 0 Å². The van der Waals surface area contributed by atoms with Gasteiger partial charge in [-0.2, -0.15) is 10.5 Å². The molecule has 0 saturated heterocycles. The van der Waals surface area contributed by atoms with E-state index in [1.165, 1.54) is 6.08 Å². The number of allylic oxidation sites excluding steroid dienone is 4. The van der Waals surface area contributed by atoms with Crippen molar-refractivity contribution >= 4 is 0 Å². The van der Waals surface area contributed by atoms with E-state index in [0.717, 1.165) is 0 Å². The van der Waals surface area contributed by atoms with Gasteiger partial charge in [0.15, 0.2) is 0 Å². The normalized spacial score (nSPS) is 19.1. The standard InChI is InChI=1S/C11H12N2O/c1-11(2)4-8(3-10(14)5-11)9(6-12)7-13/h3,14H,4-5H2,1-2H3. The zero-order valence-electron chi connectivity index (χ0n) is 8.33. The number of hydrogen-bond acceptors (Lipinski definition) is 3. The summed E-state index contributed by atoms with van der Waals surface area (Å²) in [4.78, 5) is 0. The first-order valence-electron chi connectivity index (χ1n) is 4.41. The van der Waals surface area contributed by atoms with Crippen LogP contribution in [0.3, 0.4) is 0 Å². The molecule has 0 aromatic rings. The van der Waals surface area contributed by atoms with Crippen molar-refractivity contribution < 1.29 is 5.11 Å². The van der Waals surface area contributed by atoms with E-state index in [1.54, 1.807) is 0 Å². The molecule has 0 saturated carbocycles. The number of aliphatic hydroxyl groups excluding tert-OH is 1. The number of nitriles is 2. The molecule has 0 aliphatic heterocycles. The molecule has 0 aromatic carbocycles. The molecule has 0 atom stereocenters. The maximum atomic E-state index is 9.46. The van der Waals surface area contributed by atoms with Crippen molar-refractivity contribution in [2.75, 3.05) is 0 Å². The molecule has 0 aromatic heterocycles. The Morgan fingerprint density at radius 2 is 1.93 bits per heavy atom. The molecule has 14 heavy (non-hydrogen) atoms. The molecule has 1 aliphatic carbocycles. The summed E-state index contributed by atoms with van der Waals surface area (Å²) < 4.78 is 0. The molecule has 72 valence electrons. The first-order valence-corrected chi connectivity index (χ1v) is 4.41. The lowest BCUT2D eigenvalue weighted by atomic mass is 9.77. The van der Waals surface area contributed by atoms with Crippen LogP contribution >= 0.6 is 0 Å². The Morgan fingerprint density at radius 1 is 1.36 bits per heavy atom. The fraction of sp³-hybridized carbons (Fsp3) is 0.455. The zero-order valence-corrected chi connectivity index (χ0v) is 8.33. The monoisotopic (exact) mass is 188 g/mol. The first-order chi connectivity index (χ1) is 6.48. The third kappa shape index (κ3) is 2.14. The van der Waals surface area contributed by atoms with Gasteiger partial charge in [0.05, 0.1) is 5.76 Å². The van der Waals surface area contributed by atoms with Crippen LogP contribution in [0.4, 0.5) is 0 Å². The van der Waals surface area contributed by atoms with Gasteiger partial charge < -0.3 is 5.11 Å². The number of aliphatic hydroxyl groups is 1. The second kappa shape index (κ2) is 3.55. The molecule has 0 spiro atoms. The average molecular weight is 188 g/mol. The van der Waals surface area contributed by atoms with E-state index < -0.39 is 0 Å². The van der Waals surface area contributed by atoms with E-state index in [4.69, 9.17) is 10.5 Å². The second-order valence-electron chi connectivity index (χ2n) is 4.28. The lowest BCUT2D eigenvalue weighted by Gasteiger charge is -2.28.